The second-order valence-electron chi connectivity index (χ2n) is 4.36. The van der Waals surface area contributed by atoms with Crippen LogP contribution in [-0.2, 0) is 19.1 Å². The predicted octanol–water partition coefficient (Wildman–Crippen LogP) is 1.59. The van der Waals surface area contributed by atoms with Gasteiger partial charge in [0, 0.05) is 6.42 Å². The maximum atomic E-state index is 11.9. The van der Waals surface area contributed by atoms with E-state index in [0.717, 1.165) is 0 Å². The average Bonchev–Trinajstić information content (AvgIpc) is 2.48. The van der Waals surface area contributed by atoms with Crippen LogP contribution < -0.4 is 0 Å². The molecule has 0 heterocycles. The molecule has 1 atom stereocenters. The van der Waals surface area contributed by atoms with E-state index in [2.05, 4.69) is 9.89 Å². The lowest BCUT2D eigenvalue weighted by atomic mass is 9.91. The van der Waals surface area contributed by atoms with Crippen LogP contribution in [0.5, 0.6) is 0 Å². The molecule has 0 saturated carbocycles. The van der Waals surface area contributed by atoms with Crippen LogP contribution in [0.3, 0.4) is 0 Å². The van der Waals surface area contributed by atoms with Gasteiger partial charge in [-0.1, -0.05) is 35.5 Å². The first kappa shape index (κ1) is 16.6. The summed E-state index contributed by atoms with van der Waals surface area (Å²) in [4.78, 5) is 35.0. The molecule has 0 aliphatic heterocycles. The Labute approximate surface area is 122 Å². The Bertz CT molecular complexity index is 550. The third-order valence-corrected chi connectivity index (χ3v) is 2.91. The molecule has 6 heteroatoms. The summed E-state index contributed by atoms with van der Waals surface area (Å²) in [6.07, 6.45) is -0.159. The smallest absolute Gasteiger partial charge is 0.375 e. The largest absolute Gasteiger partial charge is 0.460 e. The van der Waals surface area contributed by atoms with Crippen molar-refractivity contribution >= 4 is 23.2 Å². The standard InChI is InChI=1S/C15H17NO5/c1-3-21-15(19)14(18)12(10(2)17)9-13(16-20)11-7-5-4-6-8-11/h4-8,12,20H,3,9H2,1-2H3. The van der Waals surface area contributed by atoms with Crippen molar-refractivity contribution in [1.82, 2.24) is 0 Å². The second kappa shape index (κ2) is 7.94. The molecule has 1 N–H and O–H groups in total. The first-order chi connectivity index (χ1) is 10.0. The van der Waals surface area contributed by atoms with E-state index in [1.165, 1.54) is 6.92 Å². The van der Waals surface area contributed by atoms with Gasteiger partial charge in [0.15, 0.2) is 0 Å². The van der Waals surface area contributed by atoms with E-state index in [1.807, 2.05) is 0 Å². The van der Waals surface area contributed by atoms with Crippen molar-refractivity contribution < 1.29 is 24.3 Å². The number of Topliss-reactive ketones (excluding diaryl/α,β-unsaturated/α-hetero) is 2. The van der Waals surface area contributed by atoms with Crippen LogP contribution in [0, 0.1) is 5.92 Å². The lowest BCUT2D eigenvalue weighted by molar-refractivity contribution is -0.156. The fourth-order valence-corrected chi connectivity index (χ4v) is 1.81. The van der Waals surface area contributed by atoms with Gasteiger partial charge in [-0.2, -0.15) is 0 Å². The van der Waals surface area contributed by atoms with Crippen LogP contribution in [0.25, 0.3) is 0 Å². The molecule has 1 rings (SSSR count). The zero-order chi connectivity index (χ0) is 15.8. The molecule has 0 bridgehead atoms. The Morgan fingerprint density at radius 3 is 2.33 bits per heavy atom. The van der Waals surface area contributed by atoms with Gasteiger partial charge in [0.05, 0.1) is 18.2 Å². The highest BCUT2D eigenvalue weighted by Crippen LogP contribution is 2.14. The number of ketones is 2. The van der Waals surface area contributed by atoms with Gasteiger partial charge in [0.2, 0.25) is 0 Å². The molecule has 0 aliphatic rings. The highest BCUT2D eigenvalue weighted by molar-refractivity contribution is 6.38. The number of esters is 1. The van der Waals surface area contributed by atoms with Gasteiger partial charge < -0.3 is 9.94 Å². The maximum Gasteiger partial charge on any atom is 0.375 e. The minimum Gasteiger partial charge on any atom is -0.460 e. The molecule has 21 heavy (non-hydrogen) atoms. The van der Waals surface area contributed by atoms with Gasteiger partial charge in [-0.15, -0.1) is 0 Å². The maximum absolute atomic E-state index is 11.9. The minimum atomic E-state index is -1.21. The summed E-state index contributed by atoms with van der Waals surface area (Å²) in [5, 5.41) is 12.2. The fourth-order valence-electron chi connectivity index (χ4n) is 1.81. The van der Waals surface area contributed by atoms with E-state index in [9.17, 15) is 14.4 Å². The number of oxime groups is 1. The molecular formula is C15H17NO5. The molecule has 1 aromatic carbocycles. The Morgan fingerprint density at radius 1 is 1.24 bits per heavy atom. The summed E-state index contributed by atoms with van der Waals surface area (Å²) < 4.78 is 4.61. The fraction of sp³-hybridized carbons (Fsp3) is 0.333. The Kier molecular flexibility index (Phi) is 6.26. The number of hydrogen-bond acceptors (Lipinski definition) is 6. The second-order valence-corrected chi connectivity index (χ2v) is 4.36. The molecule has 0 fully saturated rings. The molecule has 0 aliphatic carbocycles. The van der Waals surface area contributed by atoms with Crippen LogP contribution in [0.2, 0.25) is 0 Å². The number of nitrogens with zero attached hydrogens (tertiary/aromatic N) is 1. The Hall–Kier alpha value is -2.50. The number of carbonyl (C=O) groups is 3. The van der Waals surface area contributed by atoms with Gasteiger partial charge in [-0.3, -0.25) is 9.59 Å². The zero-order valence-corrected chi connectivity index (χ0v) is 11.9. The van der Waals surface area contributed by atoms with E-state index in [-0.39, 0.29) is 18.7 Å². The molecule has 1 aromatic rings. The van der Waals surface area contributed by atoms with Crippen molar-refractivity contribution in [3.8, 4) is 0 Å². The average molecular weight is 291 g/mol. The van der Waals surface area contributed by atoms with Crippen molar-refractivity contribution in [1.29, 1.82) is 0 Å². The van der Waals surface area contributed by atoms with Crippen LogP contribution in [0.15, 0.2) is 35.5 Å². The van der Waals surface area contributed by atoms with Crippen molar-refractivity contribution in [2.45, 2.75) is 20.3 Å². The minimum absolute atomic E-state index is 0.0504. The number of hydrogen-bond donors (Lipinski definition) is 1. The van der Waals surface area contributed by atoms with Gasteiger partial charge in [0.25, 0.3) is 5.78 Å². The summed E-state index contributed by atoms with van der Waals surface area (Å²) in [6, 6.07) is 8.61. The molecule has 0 aromatic heterocycles. The van der Waals surface area contributed by atoms with Gasteiger partial charge in [-0.05, 0) is 19.4 Å². The lowest BCUT2D eigenvalue weighted by Gasteiger charge is -2.12. The Balaban J connectivity index is 2.95. The normalized spacial score (nSPS) is 12.6. The van der Waals surface area contributed by atoms with E-state index in [4.69, 9.17) is 5.21 Å². The van der Waals surface area contributed by atoms with E-state index in [1.54, 1.807) is 37.3 Å². The summed E-state index contributed by atoms with van der Waals surface area (Å²) in [7, 11) is 0. The van der Waals surface area contributed by atoms with Crippen LogP contribution in [-0.4, -0.2) is 35.1 Å². The number of rotatable bonds is 7. The molecule has 0 amide bonds. The summed E-state index contributed by atoms with van der Waals surface area (Å²) >= 11 is 0. The SMILES string of the molecule is CCOC(=O)C(=O)C(CC(=NO)c1ccccc1)C(C)=O. The Morgan fingerprint density at radius 2 is 1.86 bits per heavy atom. The third kappa shape index (κ3) is 4.52. The number of carbonyl (C=O) groups excluding carboxylic acids is 3. The van der Waals surface area contributed by atoms with Crippen LogP contribution >= 0.6 is 0 Å². The van der Waals surface area contributed by atoms with Crippen LogP contribution in [0.1, 0.15) is 25.8 Å². The highest BCUT2D eigenvalue weighted by atomic mass is 16.5. The molecular weight excluding hydrogens is 274 g/mol. The molecule has 0 spiro atoms. The van der Waals surface area contributed by atoms with Crippen molar-refractivity contribution in [3.05, 3.63) is 35.9 Å². The summed E-state index contributed by atoms with van der Waals surface area (Å²) in [6.45, 7) is 2.83. The highest BCUT2D eigenvalue weighted by Gasteiger charge is 2.31. The molecule has 6 nitrogen and oxygen atoms in total. The van der Waals surface area contributed by atoms with E-state index < -0.39 is 23.5 Å². The third-order valence-electron chi connectivity index (χ3n) is 2.91. The van der Waals surface area contributed by atoms with Crippen LogP contribution in [0.4, 0.5) is 0 Å². The van der Waals surface area contributed by atoms with Gasteiger partial charge >= 0.3 is 5.97 Å². The summed E-state index contributed by atoms with van der Waals surface area (Å²) in [5.74, 6) is -3.68. The zero-order valence-electron chi connectivity index (χ0n) is 11.9. The first-order valence-corrected chi connectivity index (χ1v) is 6.49. The van der Waals surface area contributed by atoms with Gasteiger partial charge in [-0.25, -0.2) is 4.79 Å². The van der Waals surface area contributed by atoms with E-state index in [0.29, 0.717) is 5.56 Å². The lowest BCUT2D eigenvalue weighted by Crippen LogP contribution is -2.32. The quantitative estimate of drug-likeness (QED) is 0.206. The summed E-state index contributed by atoms with van der Waals surface area (Å²) in [5.41, 5.74) is 0.733. The first-order valence-electron chi connectivity index (χ1n) is 6.49. The molecule has 0 saturated heterocycles. The van der Waals surface area contributed by atoms with Crippen molar-refractivity contribution in [2.24, 2.45) is 11.1 Å². The molecule has 1 unspecified atom stereocenters. The molecule has 0 radical (unpaired) electrons. The number of ether oxygens (including phenoxy) is 1. The van der Waals surface area contributed by atoms with Gasteiger partial charge in [0.1, 0.15) is 5.78 Å². The van der Waals surface area contributed by atoms with Crippen molar-refractivity contribution in [3.63, 3.8) is 0 Å². The predicted molar refractivity (Wildman–Crippen MR) is 75.2 cm³/mol. The number of benzene rings is 1. The molecule has 112 valence electrons. The topological polar surface area (TPSA) is 93.0 Å². The monoisotopic (exact) mass is 291 g/mol. The van der Waals surface area contributed by atoms with E-state index >= 15 is 0 Å². The van der Waals surface area contributed by atoms with Crippen molar-refractivity contribution in [2.75, 3.05) is 6.61 Å².